The van der Waals surface area contributed by atoms with Gasteiger partial charge in [0.05, 0.1) is 12.6 Å². The van der Waals surface area contributed by atoms with E-state index >= 15 is 0 Å². The van der Waals surface area contributed by atoms with Crippen molar-refractivity contribution in [2.45, 2.75) is 25.5 Å². The summed E-state index contributed by atoms with van der Waals surface area (Å²) in [5.74, 6) is -0.285. The molecule has 1 unspecified atom stereocenters. The Balaban J connectivity index is 0.00000220. The van der Waals surface area contributed by atoms with Gasteiger partial charge in [0.1, 0.15) is 5.82 Å². The second-order valence-electron chi connectivity index (χ2n) is 5.15. The molecule has 6 heteroatoms. The number of rotatable bonds is 6. The van der Waals surface area contributed by atoms with Crippen molar-refractivity contribution in [3.05, 3.63) is 35.6 Å². The van der Waals surface area contributed by atoms with E-state index in [0.717, 1.165) is 25.0 Å². The third kappa shape index (κ3) is 5.99. The highest BCUT2D eigenvalue weighted by molar-refractivity contribution is 5.85. The molecule has 1 aromatic rings. The van der Waals surface area contributed by atoms with Crippen molar-refractivity contribution in [2.24, 2.45) is 0 Å². The molecule has 1 atom stereocenters. The molecule has 21 heavy (non-hydrogen) atoms. The number of hydrogen-bond donors (Lipinski definition) is 1. The number of nitrogens with zero attached hydrogens (tertiary/aromatic N) is 1. The molecule has 1 heterocycles. The normalized spacial score (nSPS) is 17.3. The fourth-order valence-corrected chi connectivity index (χ4v) is 2.28. The van der Waals surface area contributed by atoms with Crippen molar-refractivity contribution in [1.29, 1.82) is 0 Å². The topological polar surface area (TPSA) is 41.6 Å². The summed E-state index contributed by atoms with van der Waals surface area (Å²) < 4.78 is 18.5. The first kappa shape index (κ1) is 17.9. The maximum Gasteiger partial charge on any atom is 0.236 e. The van der Waals surface area contributed by atoms with Crippen LogP contribution in [0, 0.1) is 5.82 Å². The van der Waals surface area contributed by atoms with E-state index in [0.29, 0.717) is 13.1 Å². The molecule has 2 rings (SSSR count). The number of amides is 1. The largest absolute Gasteiger partial charge is 0.377 e. The molecule has 1 aromatic carbocycles. The zero-order valence-electron chi connectivity index (χ0n) is 12.2. The number of benzene rings is 1. The first-order chi connectivity index (χ1) is 9.65. The lowest BCUT2D eigenvalue weighted by atomic mass is 10.2. The standard InChI is InChI=1S/C15H21FN2O2.ClH/c1-18(11-12-4-2-5-13(16)8-12)15(19)10-17-9-14-6-3-7-20-14;/h2,4-5,8,14,17H,3,6-7,9-11H2,1H3;1H. The molecule has 1 N–H and O–H groups in total. The lowest BCUT2D eigenvalue weighted by Crippen LogP contribution is -2.38. The van der Waals surface area contributed by atoms with E-state index in [1.807, 2.05) is 6.07 Å². The highest BCUT2D eigenvalue weighted by Gasteiger charge is 2.16. The van der Waals surface area contributed by atoms with Crippen LogP contribution in [0.25, 0.3) is 0 Å². The van der Waals surface area contributed by atoms with Crippen LogP contribution in [0.2, 0.25) is 0 Å². The van der Waals surface area contributed by atoms with Crippen molar-refractivity contribution >= 4 is 18.3 Å². The first-order valence-electron chi connectivity index (χ1n) is 6.96. The Hall–Kier alpha value is -1.17. The van der Waals surface area contributed by atoms with Gasteiger partial charge in [-0.05, 0) is 30.5 Å². The molecule has 0 saturated carbocycles. The molecule has 0 radical (unpaired) electrons. The zero-order valence-corrected chi connectivity index (χ0v) is 13.0. The van der Waals surface area contributed by atoms with Crippen molar-refractivity contribution in [3.8, 4) is 0 Å². The summed E-state index contributed by atoms with van der Waals surface area (Å²) in [4.78, 5) is 13.5. The summed E-state index contributed by atoms with van der Waals surface area (Å²) in [5, 5.41) is 3.11. The number of ether oxygens (including phenoxy) is 1. The van der Waals surface area contributed by atoms with Gasteiger partial charge in [0.25, 0.3) is 0 Å². The minimum atomic E-state index is -0.278. The zero-order chi connectivity index (χ0) is 14.4. The molecule has 1 aliphatic rings. The Morgan fingerprint density at radius 3 is 3.00 bits per heavy atom. The lowest BCUT2D eigenvalue weighted by Gasteiger charge is -2.18. The van der Waals surface area contributed by atoms with Gasteiger partial charge in [0.15, 0.2) is 0 Å². The molecule has 0 bridgehead atoms. The maximum absolute atomic E-state index is 13.1. The summed E-state index contributed by atoms with van der Waals surface area (Å²) in [6.45, 7) is 2.23. The number of carbonyl (C=O) groups excluding carboxylic acids is 1. The van der Waals surface area contributed by atoms with Gasteiger partial charge in [-0.3, -0.25) is 4.79 Å². The Morgan fingerprint density at radius 2 is 2.33 bits per heavy atom. The fraction of sp³-hybridized carbons (Fsp3) is 0.533. The first-order valence-corrected chi connectivity index (χ1v) is 6.96. The summed E-state index contributed by atoms with van der Waals surface area (Å²) in [5.41, 5.74) is 0.792. The van der Waals surface area contributed by atoms with Crippen molar-refractivity contribution in [2.75, 3.05) is 26.7 Å². The summed E-state index contributed by atoms with van der Waals surface area (Å²) >= 11 is 0. The van der Waals surface area contributed by atoms with E-state index in [4.69, 9.17) is 4.74 Å². The van der Waals surface area contributed by atoms with Gasteiger partial charge in [-0.15, -0.1) is 12.4 Å². The Morgan fingerprint density at radius 1 is 1.52 bits per heavy atom. The van der Waals surface area contributed by atoms with Crippen LogP contribution < -0.4 is 5.32 Å². The number of likely N-dealkylation sites (N-methyl/N-ethyl adjacent to an activating group) is 1. The van der Waals surface area contributed by atoms with Crippen molar-refractivity contribution in [3.63, 3.8) is 0 Å². The second kappa shape index (κ2) is 8.97. The average molecular weight is 317 g/mol. The minimum Gasteiger partial charge on any atom is -0.377 e. The molecule has 1 aliphatic heterocycles. The Labute approximate surface area is 131 Å². The smallest absolute Gasteiger partial charge is 0.236 e. The van der Waals surface area contributed by atoms with Gasteiger partial charge in [0, 0.05) is 26.7 Å². The van der Waals surface area contributed by atoms with Crippen molar-refractivity contribution < 1.29 is 13.9 Å². The van der Waals surface area contributed by atoms with Crippen LogP contribution in [-0.2, 0) is 16.1 Å². The molecule has 0 spiro atoms. The van der Waals surface area contributed by atoms with Gasteiger partial charge >= 0.3 is 0 Å². The molecule has 118 valence electrons. The molecular weight excluding hydrogens is 295 g/mol. The summed E-state index contributed by atoms with van der Waals surface area (Å²) in [6, 6.07) is 6.31. The summed E-state index contributed by atoms with van der Waals surface area (Å²) in [7, 11) is 1.72. The SMILES string of the molecule is CN(Cc1cccc(F)c1)C(=O)CNCC1CCCO1.Cl. The quantitative estimate of drug-likeness (QED) is 0.872. The van der Waals surface area contributed by atoms with Gasteiger partial charge in [-0.1, -0.05) is 12.1 Å². The molecular formula is C15H22ClFN2O2. The highest BCUT2D eigenvalue weighted by atomic mass is 35.5. The predicted molar refractivity (Wildman–Crippen MR) is 82.0 cm³/mol. The van der Waals surface area contributed by atoms with Crippen LogP contribution in [0.1, 0.15) is 18.4 Å². The van der Waals surface area contributed by atoms with Gasteiger partial charge in [-0.25, -0.2) is 4.39 Å². The van der Waals surface area contributed by atoms with Crippen LogP contribution in [-0.4, -0.2) is 43.7 Å². The van der Waals surface area contributed by atoms with Gasteiger partial charge in [-0.2, -0.15) is 0 Å². The fourth-order valence-electron chi connectivity index (χ4n) is 2.28. The number of hydrogen-bond acceptors (Lipinski definition) is 3. The molecule has 1 saturated heterocycles. The number of carbonyl (C=O) groups is 1. The minimum absolute atomic E-state index is 0. The van der Waals surface area contributed by atoms with E-state index in [1.54, 1.807) is 18.0 Å². The van der Waals surface area contributed by atoms with Crippen LogP contribution >= 0.6 is 12.4 Å². The predicted octanol–water partition coefficient (Wildman–Crippen LogP) is 1.97. The van der Waals surface area contributed by atoms with Crippen LogP contribution in [0.5, 0.6) is 0 Å². The highest BCUT2D eigenvalue weighted by Crippen LogP contribution is 2.10. The van der Waals surface area contributed by atoms with E-state index < -0.39 is 0 Å². The third-order valence-corrected chi connectivity index (χ3v) is 3.41. The molecule has 4 nitrogen and oxygen atoms in total. The van der Waals surface area contributed by atoms with E-state index in [1.165, 1.54) is 12.1 Å². The lowest BCUT2D eigenvalue weighted by molar-refractivity contribution is -0.129. The van der Waals surface area contributed by atoms with Gasteiger partial charge < -0.3 is 15.0 Å². The van der Waals surface area contributed by atoms with Gasteiger partial charge in [0.2, 0.25) is 5.91 Å². The maximum atomic E-state index is 13.1. The molecule has 0 aromatic heterocycles. The second-order valence-corrected chi connectivity index (χ2v) is 5.15. The average Bonchev–Trinajstić information content (AvgIpc) is 2.91. The number of nitrogens with one attached hydrogen (secondary N) is 1. The molecule has 1 amide bonds. The van der Waals surface area contributed by atoms with E-state index in [2.05, 4.69) is 5.32 Å². The van der Waals surface area contributed by atoms with E-state index in [9.17, 15) is 9.18 Å². The summed E-state index contributed by atoms with van der Waals surface area (Å²) in [6.07, 6.45) is 2.39. The van der Waals surface area contributed by atoms with E-state index in [-0.39, 0.29) is 36.8 Å². The Kier molecular flexibility index (Phi) is 7.64. The number of halogens is 2. The van der Waals surface area contributed by atoms with Crippen LogP contribution in [0.4, 0.5) is 4.39 Å². The van der Waals surface area contributed by atoms with Crippen molar-refractivity contribution in [1.82, 2.24) is 10.2 Å². The monoisotopic (exact) mass is 316 g/mol. The molecule has 0 aliphatic carbocycles. The molecule has 1 fully saturated rings. The van der Waals surface area contributed by atoms with Crippen LogP contribution in [0.3, 0.4) is 0 Å². The Bertz CT molecular complexity index is 453. The third-order valence-electron chi connectivity index (χ3n) is 3.41. The van der Waals surface area contributed by atoms with Crippen LogP contribution in [0.15, 0.2) is 24.3 Å².